The lowest BCUT2D eigenvalue weighted by Gasteiger charge is -2.27. The first-order valence-electron chi connectivity index (χ1n) is 11.8. The third-order valence-electron chi connectivity index (χ3n) is 6.08. The van der Waals surface area contributed by atoms with E-state index in [1.807, 2.05) is 6.92 Å². The monoisotopic (exact) mass is 484 g/mol. The summed E-state index contributed by atoms with van der Waals surface area (Å²) < 4.78 is 17.5. The standard InChI is InChI=1S/C24H32N6O5/c1-14-20(34-17-5-3-4-15(12-17)23(31)32)9-8-18(28-14)22(25)19(30(2)26)13-33-24-27-11-10-21(29-24)35-16-6-7-16/h8-11,15-17H,3-7,12-13,25-26H2,1-2H3,(H,31,32)/b22-19-. The number of carbonyl (C=O) groups is 1. The molecule has 2 unspecified atom stereocenters. The lowest BCUT2D eigenvalue weighted by atomic mass is 9.87. The molecule has 0 radical (unpaired) electrons. The number of likely N-dealkylation sites (N-methyl/N-ethyl adjacent to an activating group) is 1. The fraction of sp³-hybridized carbons (Fsp3) is 0.500. The molecule has 2 aliphatic rings. The van der Waals surface area contributed by atoms with Crippen LogP contribution < -0.4 is 25.8 Å². The molecule has 2 aliphatic carbocycles. The van der Waals surface area contributed by atoms with E-state index in [1.165, 1.54) is 5.01 Å². The van der Waals surface area contributed by atoms with Crippen LogP contribution in [-0.4, -0.2) is 56.9 Å². The van der Waals surface area contributed by atoms with Gasteiger partial charge in [0.1, 0.15) is 18.5 Å². The molecule has 188 valence electrons. The van der Waals surface area contributed by atoms with Crippen molar-refractivity contribution in [1.29, 1.82) is 0 Å². The second-order valence-electron chi connectivity index (χ2n) is 8.98. The van der Waals surface area contributed by atoms with Crippen LogP contribution in [-0.2, 0) is 4.79 Å². The highest BCUT2D eigenvalue weighted by Gasteiger charge is 2.28. The van der Waals surface area contributed by atoms with Crippen LogP contribution in [0.2, 0.25) is 0 Å². The topological polar surface area (TPSA) is 159 Å². The number of hydrogen-bond donors (Lipinski definition) is 3. The van der Waals surface area contributed by atoms with E-state index in [9.17, 15) is 9.90 Å². The Morgan fingerprint density at radius 2 is 1.94 bits per heavy atom. The highest BCUT2D eigenvalue weighted by molar-refractivity contribution is 5.70. The molecule has 0 aromatic carbocycles. The van der Waals surface area contributed by atoms with E-state index < -0.39 is 5.97 Å². The Kier molecular flexibility index (Phi) is 7.54. The molecule has 11 nitrogen and oxygen atoms in total. The van der Waals surface area contributed by atoms with Crippen molar-refractivity contribution in [1.82, 2.24) is 20.0 Å². The smallest absolute Gasteiger partial charge is 0.320 e. The van der Waals surface area contributed by atoms with Gasteiger partial charge in [0.25, 0.3) is 0 Å². The van der Waals surface area contributed by atoms with Gasteiger partial charge in [0, 0.05) is 19.3 Å². The van der Waals surface area contributed by atoms with Gasteiger partial charge in [-0.25, -0.2) is 15.8 Å². The van der Waals surface area contributed by atoms with Gasteiger partial charge in [0.05, 0.1) is 34.8 Å². The fourth-order valence-corrected chi connectivity index (χ4v) is 3.95. The molecule has 11 heteroatoms. The number of aromatic nitrogens is 3. The number of rotatable bonds is 10. The summed E-state index contributed by atoms with van der Waals surface area (Å²) in [5.74, 6) is 5.96. The van der Waals surface area contributed by atoms with E-state index in [2.05, 4.69) is 15.0 Å². The first kappa shape index (κ1) is 24.5. The number of nitrogens with zero attached hydrogens (tertiary/aromatic N) is 4. The van der Waals surface area contributed by atoms with Crippen molar-refractivity contribution in [3.63, 3.8) is 0 Å². The van der Waals surface area contributed by atoms with Gasteiger partial charge in [-0.3, -0.25) is 4.79 Å². The van der Waals surface area contributed by atoms with Crippen molar-refractivity contribution in [2.45, 2.75) is 57.7 Å². The Morgan fingerprint density at radius 1 is 1.14 bits per heavy atom. The summed E-state index contributed by atoms with van der Waals surface area (Å²) in [6.45, 7) is 1.86. The van der Waals surface area contributed by atoms with Crippen LogP contribution in [0.1, 0.15) is 49.9 Å². The predicted octanol–water partition coefficient (Wildman–Crippen LogP) is 2.26. The Balaban J connectivity index is 1.44. The summed E-state index contributed by atoms with van der Waals surface area (Å²) in [6.07, 6.45) is 6.53. The van der Waals surface area contributed by atoms with Crippen molar-refractivity contribution >= 4 is 11.7 Å². The highest BCUT2D eigenvalue weighted by atomic mass is 16.5. The SMILES string of the molecule is Cc1nc(/C(N)=C(\COc2nccc(OC3CC3)n2)N(C)N)ccc1OC1CCCC(C(=O)O)C1. The Bertz CT molecular complexity index is 1090. The summed E-state index contributed by atoms with van der Waals surface area (Å²) in [7, 11) is 1.66. The third kappa shape index (κ3) is 6.50. The largest absolute Gasteiger partial charge is 0.489 e. The summed E-state index contributed by atoms with van der Waals surface area (Å²) in [5, 5.41) is 10.7. The average molecular weight is 485 g/mol. The van der Waals surface area contributed by atoms with Crippen molar-refractivity contribution in [2.24, 2.45) is 17.5 Å². The molecule has 0 spiro atoms. The van der Waals surface area contributed by atoms with E-state index in [1.54, 1.807) is 31.4 Å². The zero-order valence-corrected chi connectivity index (χ0v) is 20.0. The highest BCUT2D eigenvalue weighted by Crippen LogP contribution is 2.30. The molecule has 2 aromatic rings. The number of nitrogens with two attached hydrogens (primary N) is 2. The number of hydrogen-bond acceptors (Lipinski definition) is 10. The molecule has 0 saturated heterocycles. The van der Waals surface area contributed by atoms with Crippen molar-refractivity contribution in [2.75, 3.05) is 13.7 Å². The number of carboxylic acids is 1. The van der Waals surface area contributed by atoms with Crippen molar-refractivity contribution in [3.05, 3.63) is 41.5 Å². The van der Waals surface area contributed by atoms with Crippen LogP contribution >= 0.6 is 0 Å². The lowest BCUT2D eigenvalue weighted by molar-refractivity contribution is -0.143. The number of aryl methyl sites for hydroxylation is 1. The minimum absolute atomic E-state index is 0.0311. The molecule has 0 bridgehead atoms. The van der Waals surface area contributed by atoms with Gasteiger partial charge < -0.3 is 30.1 Å². The fourth-order valence-electron chi connectivity index (χ4n) is 3.95. The molecule has 2 heterocycles. The van der Waals surface area contributed by atoms with Crippen LogP contribution in [0.5, 0.6) is 17.6 Å². The molecule has 4 rings (SSSR count). The second-order valence-corrected chi connectivity index (χ2v) is 8.98. The van der Waals surface area contributed by atoms with Crippen LogP contribution in [0.25, 0.3) is 5.70 Å². The average Bonchev–Trinajstić information content (AvgIpc) is 3.64. The minimum atomic E-state index is -0.769. The van der Waals surface area contributed by atoms with Crippen LogP contribution in [0.3, 0.4) is 0 Å². The van der Waals surface area contributed by atoms with Gasteiger partial charge in [-0.15, -0.1) is 0 Å². The number of aliphatic carboxylic acids is 1. The van der Waals surface area contributed by atoms with E-state index in [0.29, 0.717) is 47.3 Å². The molecule has 2 fully saturated rings. The second kappa shape index (κ2) is 10.8. The minimum Gasteiger partial charge on any atom is -0.489 e. The van der Waals surface area contributed by atoms with E-state index in [0.717, 1.165) is 25.7 Å². The maximum absolute atomic E-state index is 11.3. The number of carboxylic acid groups (broad SMARTS) is 1. The first-order valence-corrected chi connectivity index (χ1v) is 11.8. The lowest BCUT2D eigenvalue weighted by Crippen LogP contribution is -2.31. The quantitative estimate of drug-likeness (QED) is 0.335. The maximum Gasteiger partial charge on any atom is 0.320 e. The zero-order valence-electron chi connectivity index (χ0n) is 20.0. The predicted molar refractivity (Wildman–Crippen MR) is 127 cm³/mol. The van der Waals surface area contributed by atoms with Gasteiger partial charge in [-0.05, 0) is 57.6 Å². The third-order valence-corrected chi connectivity index (χ3v) is 6.08. The van der Waals surface area contributed by atoms with Crippen molar-refractivity contribution in [3.8, 4) is 17.6 Å². The molecule has 5 N–H and O–H groups in total. The molecule has 35 heavy (non-hydrogen) atoms. The zero-order chi connectivity index (χ0) is 24.9. The molecule has 2 atom stereocenters. The summed E-state index contributed by atoms with van der Waals surface area (Å²) in [6, 6.07) is 5.40. The molecular formula is C24H32N6O5. The van der Waals surface area contributed by atoms with Crippen LogP contribution in [0.15, 0.2) is 30.1 Å². The van der Waals surface area contributed by atoms with Gasteiger partial charge in [0.15, 0.2) is 0 Å². The summed E-state index contributed by atoms with van der Waals surface area (Å²) >= 11 is 0. The van der Waals surface area contributed by atoms with E-state index in [4.69, 9.17) is 25.8 Å². The molecular weight excluding hydrogens is 452 g/mol. The van der Waals surface area contributed by atoms with Crippen LogP contribution in [0, 0.1) is 12.8 Å². The molecule has 0 aliphatic heterocycles. The first-order chi connectivity index (χ1) is 16.8. The van der Waals surface area contributed by atoms with Crippen LogP contribution in [0.4, 0.5) is 0 Å². The summed E-state index contributed by atoms with van der Waals surface area (Å²) in [4.78, 5) is 24.3. The molecule has 2 saturated carbocycles. The Labute approximate surface area is 204 Å². The summed E-state index contributed by atoms with van der Waals surface area (Å²) in [5.41, 5.74) is 8.42. The normalized spacial score (nSPS) is 20.5. The maximum atomic E-state index is 11.3. The Hall–Kier alpha value is -3.60. The number of hydrazine groups is 1. The van der Waals surface area contributed by atoms with Crippen molar-refractivity contribution < 1.29 is 24.1 Å². The number of pyridine rings is 1. The van der Waals surface area contributed by atoms with Gasteiger partial charge in [0.2, 0.25) is 5.88 Å². The Morgan fingerprint density at radius 3 is 2.63 bits per heavy atom. The van der Waals surface area contributed by atoms with Gasteiger partial charge in [-0.1, -0.05) is 0 Å². The van der Waals surface area contributed by atoms with Gasteiger partial charge in [-0.2, -0.15) is 4.98 Å². The molecule has 0 amide bonds. The molecule has 2 aromatic heterocycles. The van der Waals surface area contributed by atoms with E-state index in [-0.39, 0.29) is 30.7 Å². The van der Waals surface area contributed by atoms with Gasteiger partial charge >= 0.3 is 12.0 Å². The van der Waals surface area contributed by atoms with E-state index >= 15 is 0 Å². The number of ether oxygens (including phenoxy) is 3.